The summed E-state index contributed by atoms with van der Waals surface area (Å²) in [6, 6.07) is 1.93. The van der Waals surface area contributed by atoms with Crippen molar-refractivity contribution in [2.45, 2.75) is 39.0 Å². The summed E-state index contributed by atoms with van der Waals surface area (Å²) >= 11 is 0. The molecule has 0 radical (unpaired) electrons. The van der Waals surface area contributed by atoms with Crippen LogP contribution in [0.25, 0.3) is 0 Å². The van der Waals surface area contributed by atoms with E-state index in [0.29, 0.717) is 5.92 Å². The van der Waals surface area contributed by atoms with E-state index >= 15 is 0 Å². The van der Waals surface area contributed by atoms with Gasteiger partial charge in [-0.1, -0.05) is 25.8 Å². The first-order chi connectivity index (χ1) is 8.13. The smallest absolute Gasteiger partial charge is 0.164 e. The summed E-state index contributed by atoms with van der Waals surface area (Å²) in [5, 5.41) is 0. The summed E-state index contributed by atoms with van der Waals surface area (Å²) in [7, 11) is 0. The molecule has 2 aliphatic rings. The third kappa shape index (κ3) is 1.43. The second kappa shape index (κ2) is 3.59. The standard InChI is InChI=1S/C15H18O2/c1-10-4-3-6-15(2)12(10)8-13(16)14(15)11-5-7-17-9-11/h5,7-10,14H,3-4,6H2,1-2H3/t10-,14-,15-/m1/s1. The van der Waals surface area contributed by atoms with Gasteiger partial charge in [0, 0.05) is 11.0 Å². The van der Waals surface area contributed by atoms with Crippen LogP contribution in [0.3, 0.4) is 0 Å². The summed E-state index contributed by atoms with van der Waals surface area (Å²) in [4.78, 5) is 12.3. The zero-order chi connectivity index (χ0) is 12.0. The Morgan fingerprint density at radius 3 is 3.00 bits per heavy atom. The molecule has 3 rings (SSSR count). The van der Waals surface area contributed by atoms with E-state index in [-0.39, 0.29) is 17.1 Å². The lowest BCUT2D eigenvalue weighted by Gasteiger charge is -2.40. The molecule has 1 aromatic heterocycles. The van der Waals surface area contributed by atoms with Crippen LogP contribution in [0.5, 0.6) is 0 Å². The fourth-order valence-corrected chi connectivity index (χ4v) is 3.78. The van der Waals surface area contributed by atoms with Gasteiger partial charge in [0.25, 0.3) is 0 Å². The number of ketones is 1. The van der Waals surface area contributed by atoms with Gasteiger partial charge in [-0.05, 0) is 30.9 Å². The van der Waals surface area contributed by atoms with E-state index in [1.54, 1.807) is 12.5 Å². The average Bonchev–Trinajstić information content (AvgIpc) is 2.84. The Bertz CT molecular complexity index is 469. The van der Waals surface area contributed by atoms with Crippen LogP contribution in [0.15, 0.2) is 34.7 Å². The predicted octanol–water partition coefficient (Wildman–Crippen LogP) is 3.70. The highest BCUT2D eigenvalue weighted by Gasteiger charge is 2.49. The monoisotopic (exact) mass is 230 g/mol. The Morgan fingerprint density at radius 2 is 2.29 bits per heavy atom. The van der Waals surface area contributed by atoms with Gasteiger partial charge in [-0.2, -0.15) is 0 Å². The summed E-state index contributed by atoms with van der Waals surface area (Å²) in [6.07, 6.45) is 8.84. The van der Waals surface area contributed by atoms with Crippen molar-refractivity contribution in [1.82, 2.24) is 0 Å². The quantitative estimate of drug-likeness (QED) is 0.736. The van der Waals surface area contributed by atoms with Crippen LogP contribution in [0.4, 0.5) is 0 Å². The Balaban J connectivity index is 2.06. The Hall–Kier alpha value is -1.31. The zero-order valence-electron chi connectivity index (χ0n) is 10.4. The maximum absolute atomic E-state index is 12.3. The van der Waals surface area contributed by atoms with Crippen molar-refractivity contribution in [2.24, 2.45) is 11.3 Å². The second-order valence-electron chi connectivity index (χ2n) is 5.70. The van der Waals surface area contributed by atoms with Crippen LogP contribution in [-0.4, -0.2) is 5.78 Å². The highest BCUT2D eigenvalue weighted by Crippen LogP contribution is 2.56. The van der Waals surface area contributed by atoms with Crippen LogP contribution in [0, 0.1) is 11.3 Å². The van der Waals surface area contributed by atoms with E-state index in [4.69, 9.17) is 4.42 Å². The van der Waals surface area contributed by atoms with Gasteiger partial charge in [-0.3, -0.25) is 4.79 Å². The number of furan rings is 1. The molecule has 1 fully saturated rings. The molecule has 90 valence electrons. The number of rotatable bonds is 1. The molecule has 1 heterocycles. The first-order valence-corrected chi connectivity index (χ1v) is 6.41. The van der Waals surface area contributed by atoms with E-state index < -0.39 is 0 Å². The minimum Gasteiger partial charge on any atom is -0.472 e. The summed E-state index contributed by atoms with van der Waals surface area (Å²) in [6.45, 7) is 4.49. The largest absolute Gasteiger partial charge is 0.472 e. The van der Waals surface area contributed by atoms with E-state index in [1.807, 2.05) is 12.1 Å². The lowest BCUT2D eigenvalue weighted by Crippen LogP contribution is -2.31. The highest BCUT2D eigenvalue weighted by molar-refractivity contribution is 6.00. The van der Waals surface area contributed by atoms with Crippen LogP contribution >= 0.6 is 0 Å². The maximum Gasteiger partial charge on any atom is 0.164 e. The molecule has 0 amide bonds. The van der Waals surface area contributed by atoms with Crippen molar-refractivity contribution >= 4 is 5.78 Å². The van der Waals surface area contributed by atoms with Gasteiger partial charge >= 0.3 is 0 Å². The molecule has 0 saturated heterocycles. The number of fused-ring (bicyclic) bond motifs is 1. The molecule has 17 heavy (non-hydrogen) atoms. The highest BCUT2D eigenvalue weighted by atomic mass is 16.3. The van der Waals surface area contributed by atoms with Crippen molar-refractivity contribution in [1.29, 1.82) is 0 Å². The maximum atomic E-state index is 12.3. The molecule has 3 atom stereocenters. The van der Waals surface area contributed by atoms with Crippen molar-refractivity contribution in [3.63, 3.8) is 0 Å². The number of allylic oxidation sites excluding steroid dienone is 2. The van der Waals surface area contributed by atoms with Gasteiger partial charge in [0.05, 0.1) is 18.4 Å². The average molecular weight is 230 g/mol. The van der Waals surface area contributed by atoms with Crippen molar-refractivity contribution in [3.8, 4) is 0 Å². The van der Waals surface area contributed by atoms with Gasteiger partial charge in [-0.15, -0.1) is 0 Å². The normalized spacial score (nSPS) is 36.8. The molecule has 2 aliphatic carbocycles. The first-order valence-electron chi connectivity index (χ1n) is 6.41. The third-order valence-electron chi connectivity index (χ3n) is 4.62. The Kier molecular flexibility index (Phi) is 2.29. The lowest BCUT2D eigenvalue weighted by atomic mass is 9.63. The lowest BCUT2D eigenvalue weighted by molar-refractivity contribution is -0.117. The molecule has 0 bridgehead atoms. The van der Waals surface area contributed by atoms with Crippen molar-refractivity contribution in [2.75, 3.05) is 0 Å². The van der Waals surface area contributed by atoms with Crippen LogP contribution in [0.1, 0.15) is 44.6 Å². The molecule has 0 spiro atoms. The topological polar surface area (TPSA) is 30.2 Å². The third-order valence-corrected chi connectivity index (χ3v) is 4.62. The van der Waals surface area contributed by atoms with E-state index in [9.17, 15) is 4.79 Å². The van der Waals surface area contributed by atoms with Gasteiger partial charge in [0.1, 0.15) is 0 Å². The van der Waals surface area contributed by atoms with Crippen molar-refractivity contribution < 1.29 is 9.21 Å². The molecular weight excluding hydrogens is 212 g/mol. The van der Waals surface area contributed by atoms with Gasteiger partial charge < -0.3 is 4.42 Å². The van der Waals surface area contributed by atoms with Crippen LogP contribution in [-0.2, 0) is 4.79 Å². The summed E-state index contributed by atoms with van der Waals surface area (Å²) < 4.78 is 5.15. The van der Waals surface area contributed by atoms with E-state index in [1.165, 1.54) is 18.4 Å². The molecule has 0 aromatic carbocycles. The SMILES string of the molecule is C[C@@H]1CCC[C@]2(C)C1=CC(=O)[C@H]2c1ccoc1. The molecular formula is C15H18O2. The van der Waals surface area contributed by atoms with Gasteiger partial charge in [-0.25, -0.2) is 0 Å². The Morgan fingerprint density at radius 1 is 1.47 bits per heavy atom. The fourth-order valence-electron chi connectivity index (χ4n) is 3.78. The summed E-state index contributed by atoms with van der Waals surface area (Å²) in [5.74, 6) is 0.797. The van der Waals surface area contributed by atoms with Crippen LogP contribution < -0.4 is 0 Å². The molecule has 0 unspecified atom stereocenters. The molecule has 2 heteroatoms. The first kappa shape index (κ1) is 10.8. The van der Waals surface area contributed by atoms with E-state index in [0.717, 1.165) is 12.0 Å². The van der Waals surface area contributed by atoms with Crippen molar-refractivity contribution in [3.05, 3.63) is 35.8 Å². The number of hydrogen-bond donors (Lipinski definition) is 0. The Labute approximate surface area is 102 Å². The zero-order valence-corrected chi connectivity index (χ0v) is 10.4. The molecule has 2 nitrogen and oxygen atoms in total. The number of carbonyl (C=O) groups excluding carboxylic acids is 1. The molecule has 1 aromatic rings. The fraction of sp³-hybridized carbons (Fsp3) is 0.533. The number of hydrogen-bond acceptors (Lipinski definition) is 2. The number of carbonyl (C=O) groups is 1. The molecule has 1 saturated carbocycles. The van der Waals surface area contributed by atoms with Gasteiger partial charge in [0.15, 0.2) is 5.78 Å². The second-order valence-corrected chi connectivity index (χ2v) is 5.70. The van der Waals surface area contributed by atoms with E-state index in [2.05, 4.69) is 13.8 Å². The minimum absolute atomic E-state index is 0.0148. The minimum atomic E-state index is -0.0148. The van der Waals surface area contributed by atoms with Crippen LogP contribution in [0.2, 0.25) is 0 Å². The summed E-state index contributed by atoms with van der Waals surface area (Å²) in [5.41, 5.74) is 2.43. The van der Waals surface area contributed by atoms with Gasteiger partial charge in [0.2, 0.25) is 0 Å². The molecule has 0 aliphatic heterocycles. The molecule has 0 N–H and O–H groups in total. The predicted molar refractivity (Wildman–Crippen MR) is 65.7 cm³/mol.